The zero-order chi connectivity index (χ0) is 18.6. The Morgan fingerprint density at radius 3 is 2.85 bits per heavy atom. The van der Waals surface area contributed by atoms with Gasteiger partial charge in [0.25, 0.3) is 5.91 Å². The van der Waals surface area contributed by atoms with Gasteiger partial charge in [-0.25, -0.2) is 0 Å². The minimum absolute atomic E-state index is 0.0804. The SMILES string of the molecule is O=C(CNC(=O)c1ccc2c(c1)OCO2)OCc1cc(-c2ccco2)on1. The molecular formula is C18H14N2O7. The maximum atomic E-state index is 12.1. The van der Waals surface area contributed by atoms with Crippen LogP contribution in [0.2, 0.25) is 0 Å². The van der Waals surface area contributed by atoms with Crippen molar-refractivity contribution in [2.45, 2.75) is 6.61 Å². The van der Waals surface area contributed by atoms with Crippen LogP contribution in [0.3, 0.4) is 0 Å². The van der Waals surface area contributed by atoms with E-state index in [1.807, 2.05) is 0 Å². The number of nitrogens with zero attached hydrogens (tertiary/aromatic N) is 1. The van der Waals surface area contributed by atoms with Gasteiger partial charge in [-0.1, -0.05) is 5.16 Å². The number of carbonyl (C=O) groups is 2. The number of benzene rings is 1. The van der Waals surface area contributed by atoms with Crippen LogP contribution in [0.1, 0.15) is 16.1 Å². The molecule has 0 saturated carbocycles. The van der Waals surface area contributed by atoms with Gasteiger partial charge in [-0.2, -0.15) is 0 Å². The number of fused-ring (bicyclic) bond motifs is 1. The van der Waals surface area contributed by atoms with Gasteiger partial charge in [0.2, 0.25) is 12.6 Å². The topological polar surface area (TPSA) is 113 Å². The summed E-state index contributed by atoms with van der Waals surface area (Å²) in [6.45, 7) is -0.241. The molecule has 9 nitrogen and oxygen atoms in total. The van der Waals surface area contributed by atoms with Gasteiger partial charge in [0.05, 0.1) is 6.26 Å². The van der Waals surface area contributed by atoms with Gasteiger partial charge >= 0.3 is 5.97 Å². The number of aromatic nitrogens is 1. The second kappa shape index (κ2) is 7.24. The second-order valence-corrected chi connectivity index (χ2v) is 5.57. The highest BCUT2D eigenvalue weighted by atomic mass is 16.7. The quantitative estimate of drug-likeness (QED) is 0.657. The Labute approximate surface area is 152 Å². The molecule has 9 heteroatoms. The predicted octanol–water partition coefficient (Wildman–Crippen LogP) is 2.14. The number of amides is 1. The summed E-state index contributed by atoms with van der Waals surface area (Å²) in [7, 11) is 0. The molecule has 138 valence electrons. The number of furan rings is 1. The highest BCUT2D eigenvalue weighted by Gasteiger charge is 2.17. The maximum Gasteiger partial charge on any atom is 0.325 e. The van der Waals surface area contributed by atoms with Gasteiger partial charge in [0, 0.05) is 11.6 Å². The van der Waals surface area contributed by atoms with Crippen LogP contribution in [0.4, 0.5) is 0 Å². The molecule has 0 aliphatic carbocycles. The molecule has 1 N–H and O–H groups in total. The van der Waals surface area contributed by atoms with Crippen LogP contribution >= 0.6 is 0 Å². The summed E-state index contributed by atoms with van der Waals surface area (Å²) in [5.41, 5.74) is 0.781. The Bertz CT molecular complexity index is 962. The molecule has 2 aromatic heterocycles. The molecule has 3 heterocycles. The highest BCUT2D eigenvalue weighted by Crippen LogP contribution is 2.32. The lowest BCUT2D eigenvalue weighted by atomic mass is 10.2. The van der Waals surface area contributed by atoms with Crippen molar-refractivity contribution in [3.05, 3.63) is 53.9 Å². The van der Waals surface area contributed by atoms with Crippen molar-refractivity contribution in [3.63, 3.8) is 0 Å². The summed E-state index contributed by atoms with van der Waals surface area (Å²) in [4.78, 5) is 23.9. The van der Waals surface area contributed by atoms with Crippen molar-refractivity contribution >= 4 is 11.9 Å². The number of hydrogen-bond acceptors (Lipinski definition) is 8. The number of esters is 1. The first-order chi connectivity index (χ1) is 13.2. The van der Waals surface area contributed by atoms with Crippen LogP contribution in [0, 0.1) is 0 Å². The molecule has 1 amide bonds. The van der Waals surface area contributed by atoms with Crippen molar-refractivity contribution in [3.8, 4) is 23.0 Å². The Morgan fingerprint density at radius 1 is 1.11 bits per heavy atom. The van der Waals surface area contributed by atoms with E-state index in [9.17, 15) is 9.59 Å². The standard InChI is InChI=1S/C18H14N2O7/c21-17(24-9-12-7-16(27-20-12)13-2-1-5-23-13)8-19-18(22)11-3-4-14-15(6-11)26-10-25-14/h1-7H,8-10H2,(H,19,22). The first-order valence-corrected chi connectivity index (χ1v) is 8.02. The van der Waals surface area contributed by atoms with Gasteiger partial charge in [-0.15, -0.1) is 0 Å². The fourth-order valence-electron chi connectivity index (χ4n) is 2.41. The average Bonchev–Trinajstić information content (AvgIpc) is 3.44. The van der Waals surface area contributed by atoms with Crippen LogP contribution in [0.25, 0.3) is 11.5 Å². The summed E-state index contributed by atoms with van der Waals surface area (Å²) in [6, 6.07) is 9.82. The fourth-order valence-corrected chi connectivity index (χ4v) is 2.41. The lowest BCUT2D eigenvalue weighted by Crippen LogP contribution is -2.30. The maximum absolute atomic E-state index is 12.1. The van der Waals surface area contributed by atoms with Crippen molar-refractivity contribution in [2.24, 2.45) is 0 Å². The van der Waals surface area contributed by atoms with Crippen LogP contribution in [-0.2, 0) is 16.1 Å². The van der Waals surface area contributed by atoms with Crippen LogP contribution in [0.15, 0.2) is 51.6 Å². The summed E-state index contributed by atoms with van der Waals surface area (Å²) in [5.74, 6) is 0.993. The molecule has 1 aromatic carbocycles. The monoisotopic (exact) mass is 370 g/mol. The number of ether oxygens (including phenoxy) is 3. The minimum atomic E-state index is -0.605. The molecule has 1 aliphatic rings. The highest BCUT2D eigenvalue weighted by molar-refractivity contribution is 5.96. The molecule has 0 spiro atoms. The van der Waals surface area contributed by atoms with Gasteiger partial charge in [0.1, 0.15) is 18.8 Å². The molecule has 0 atom stereocenters. The van der Waals surface area contributed by atoms with Gasteiger partial charge < -0.3 is 28.5 Å². The van der Waals surface area contributed by atoms with Crippen molar-refractivity contribution in [1.29, 1.82) is 0 Å². The summed E-state index contributed by atoms with van der Waals surface area (Å²) < 4.78 is 25.8. The molecule has 1 aliphatic heterocycles. The third-order valence-corrected chi connectivity index (χ3v) is 3.73. The summed E-state index contributed by atoms with van der Waals surface area (Å²) in [5, 5.41) is 6.28. The first kappa shape index (κ1) is 16.7. The van der Waals surface area contributed by atoms with Crippen molar-refractivity contribution < 1.29 is 32.7 Å². The smallest absolute Gasteiger partial charge is 0.325 e. The van der Waals surface area contributed by atoms with E-state index >= 15 is 0 Å². The van der Waals surface area contributed by atoms with E-state index in [2.05, 4.69) is 10.5 Å². The van der Waals surface area contributed by atoms with E-state index in [0.29, 0.717) is 34.3 Å². The lowest BCUT2D eigenvalue weighted by molar-refractivity contribution is -0.143. The third-order valence-electron chi connectivity index (χ3n) is 3.73. The largest absolute Gasteiger partial charge is 0.461 e. The molecule has 27 heavy (non-hydrogen) atoms. The summed E-state index contributed by atoms with van der Waals surface area (Å²) >= 11 is 0. The molecule has 0 fully saturated rings. The van der Waals surface area contributed by atoms with Gasteiger partial charge in [-0.05, 0) is 30.3 Å². The van der Waals surface area contributed by atoms with E-state index < -0.39 is 11.9 Å². The van der Waals surface area contributed by atoms with E-state index in [4.69, 9.17) is 23.2 Å². The zero-order valence-corrected chi connectivity index (χ0v) is 14.0. The van der Waals surface area contributed by atoms with Gasteiger partial charge in [-0.3, -0.25) is 9.59 Å². The average molecular weight is 370 g/mol. The Hall–Kier alpha value is -3.75. The number of carbonyl (C=O) groups excluding carboxylic acids is 2. The predicted molar refractivity (Wildman–Crippen MR) is 88.9 cm³/mol. The van der Waals surface area contributed by atoms with E-state index in [1.54, 1.807) is 36.4 Å². The fraction of sp³-hybridized carbons (Fsp3) is 0.167. The van der Waals surface area contributed by atoms with E-state index in [-0.39, 0.29) is 19.9 Å². The molecule has 0 radical (unpaired) electrons. The number of rotatable bonds is 6. The normalized spacial score (nSPS) is 12.0. The second-order valence-electron chi connectivity index (χ2n) is 5.57. The Balaban J connectivity index is 1.25. The van der Waals surface area contributed by atoms with Crippen LogP contribution in [0.5, 0.6) is 11.5 Å². The van der Waals surface area contributed by atoms with Crippen molar-refractivity contribution in [2.75, 3.05) is 13.3 Å². The molecule has 0 saturated heterocycles. The van der Waals surface area contributed by atoms with Crippen LogP contribution in [-0.4, -0.2) is 30.4 Å². The number of hydrogen-bond donors (Lipinski definition) is 1. The first-order valence-electron chi connectivity index (χ1n) is 8.02. The third kappa shape index (κ3) is 3.76. The van der Waals surface area contributed by atoms with Crippen LogP contribution < -0.4 is 14.8 Å². The molecule has 3 aromatic rings. The van der Waals surface area contributed by atoms with Crippen molar-refractivity contribution in [1.82, 2.24) is 10.5 Å². The summed E-state index contributed by atoms with van der Waals surface area (Å²) in [6.07, 6.45) is 1.51. The van der Waals surface area contributed by atoms with E-state index in [1.165, 1.54) is 6.26 Å². The number of nitrogens with one attached hydrogen (secondary N) is 1. The molecule has 4 rings (SSSR count). The zero-order valence-electron chi connectivity index (χ0n) is 14.0. The van der Waals surface area contributed by atoms with E-state index in [0.717, 1.165) is 0 Å². The molecular weight excluding hydrogens is 356 g/mol. The lowest BCUT2D eigenvalue weighted by Gasteiger charge is -2.06. The Morgan fingerprint density at radius 2 is 2.00 bits per heavy atom. The van der Waals surface area contributed by atoms with Gasteiger partial charge in [0.15, 0.2) is 17.3 Å². The Kier molecular flexibility index (Phi) is 4.48. The minimum Gasteiger partial charge on any atom is -0.461 e. The molecule has 0 unspecified atom stereocenters. The molecule has 0 bridgehead atoms.